The predicted octanol–water partition coefficient (Wildman–Crippen LogP) is 2.42. The van der Waals surface area contributed by atoms with E-state index < -0.39 is 0 Å². The topological polar surface area (TPSA) is 81.1 Å². The molecule has 0 saturated carbocycles. The van der Waals surface area contributed by atoms with Crippen molar-refractivity contribution in [1.29, 1.82) is 0 Å². The molecule has 20 heavy (non-hydrogen) atoms. The predicted molar refractivity (Wildman–Crippen MR) is 81.9 cm³/mol. The molecule has 0 radical (unpaired) electrons. The third-order valence-corrected chi connectivity index (χ3v) is 4.23. The minimum Gasteiger partial charge on any atom is -0.446 e. The number of hydrogen-bond acceptors (Lipinski definition) is 6. The summed E-state index contributed by atoms with van der Waals surface area (Å²) in [5, 5.41) is 4.77. The van der Waals surface area contributed by atoms with Gasteiger partial charge in [-0.1, -0.05) is 6.07 Å². The molecule has 108 valence electrons. The molecule has 2 rings (SSSR count). The smallest absolute Gasteiger partial charge is 0.273 e. The summed E-state index contributed by atoms with van der Waals surface area (Å²) in [6.45, 7) is 0.497. The Bertz CT molecular complexity index is 540. The Labute approximate surface area is 126 Å². The Morgan fingerprint density at radius 2 is 2.50 bits per heavy atom. The number of amides is 1. The van der Waals surface area contributed by atoms with Crippen LogP contribution in [0.1, 0.15) is 33.7 Å². The Hall–Kier alpha value is -1.31. The van der Waals surface area contributed by atoms with Crippen LogP contribution in [0.4, 0.5) is 0 Å². The van der Waals surface area contributed by atoms with Gasteiger partial charge < -0.3 is 15.5 Å². The highest BCUT2D eigenvalue weighted by molar-refractivity contribution is 7.98. The number of hydrogen-bond donors (Lipinski definition) is 2. The number of carbonyl (C=O) groups excluding carboxylic acids is 1. The summed E-state index contributed by atoms with van der Waals surface area (Å²) in [7, 11) is 0. The summed E-state index contributed by atoms with van der Waals surface area (Å²) >= 11 is 3.32. The van der Waals surface area contributed by atoms with E-state index in [-0.39, 0.29) is 17.6 Å². The summed E-state index contributed by atoms with van der Waals surface area (Å²) in [6.07, 6.45) is 4.15. The lowest BCUT2D eigenvalue weighted by atomic mass is 10.2. The molecule has 2 aromatic heterocycles. The van der Waals surface area contributed by atoms with E-state index in [0.29, 0.717) is 12.4 Å². The van der Waals surface area contributed by atoms with Gasteiger partial charge >= 0.3 is 0 Å². The first-order valence-corrected chi connectivity index (χ1v) is 8.48. The molecule has 5 nitrogen and oxygen atoms in total. The number of thioether (sulfide) groups is 1. The molecule has 3 N–H and O–H groups in total. The number of aromatic nitrogens is 1. The van der Waals surface area contributed by atoms with E-state index in [2.05, 4.69) is 10.3 Å². The van der Waals surface area contributed by atoms with Crippen molar-refractivity contribution < 1.29 is 9.21 Å². The molecular weight excluding hydrogens is 294 g/mol. The zero-order valence-corrected chi connectivity index (χ0v) is 12.8. The second kappa shape index (κ2) is 7.47. The number of carbonyl (C=O) groups is 1. The first-order valence-electron chi connectivity index (χ1n) is 6.21. The van der Waals surface area contributed by atoms with Crippen LogP contribution in [-0.4, -0.2) is 22.9 Å². The van der Waals surface area contributed by atoms with Crippen LogP contribution in [-0.2, 0) is 6.54 Å². The highest BCUT2D eigenvalue weighted by Gasteiger charge is 2.16. The average Bonchev–Trinajstić information content (AvgIpc) is 3.12. The lowest BCUT2D eigenvalue weighted by Gasteiger charge is -2.04. The van der Waals surface area contributed by atoms with E-state index in [0.717, 1.165) is 17.1 Å². The Morgan fingerprint density at radius 3 is 3.20 bits per heavy atom. The molecule has 7 heteroatoms. The quantitative estimate of drug-likeness (QED) is 0.820. The molecule has 2 heterocycles. The van der Waals surface area contributed by atoms with Crippen LogP contribution in [0.15, 0.2) is 28.2 Å². The molecule has 0 bridgehead atoms. The monoisotopic (exact) mass is 311 g/mol. The summed E-state index contributed by atoms with van der Waals surface area (Å²) < 4.78 is 5.28. The third kappa shape index (κ3) is 4.09. The van der Waals surface area contributed by atoms with Gasteiger partial charge in [-0.05, 0) is 29.9 Å². The number of thiophene rings is 1. The van der Waals surface area contributed by atoms with Crippen molar-refractivity contribution in [3.05, 3.63) is 40.2 Å². The van der Waals surface area contributed by atoms with Crippen molar-refractivity contribution in [3.8, 4) is 0 Å². The van der Waals surface area contributed by atoms with Crippen LogP contribution in [0.2, 0.25) is 0 Å². The SMILES string of the molecule is CSCCC(N)c1nc(C(=O)NCc2cccs2)co1. The first-order chi connectivity index (χ1) is 9.70. The largest absolute Gasteiger partial charge is 0.446 e. The molecule has 0 aromatic carbocycles. The van der Waals surface area contributed by atoms with Gasteiger partial charge in [-0.3, -0.25) is 4.79 Å². The molecular formula is C13H17N3O2S2. The minimum absolute atomic E-state index is 0.245. The molecule has 0 saturated heterocycles. The molecule has 1 amide bonds. The van der Waals surface area contributed by atoms with Crippen molar-refractivity contribution >= 4 is 29.0 Å². The van der Waals surface area contributed by atoms with Crippen molar-refractivity contribution in [2.45, 2.75) is 19.0 Å². The van der Waals surface area contributed by atoms with Gasteiger partial charge in [0.15, 0.2) is 5.69 Å². The molecule has 2 aromatic rings. The van der Waals surface area contributed by atoms with Gasteiger partial charge in [0.1, 0.15) is 6.26 Å². The van der Waals surface area contributed by atoms with Crippen LogP contribution >= 0.6 is 23.1 Å². The highest BCUT2D eigenvalue weighted by atomic mass is 32.2. The number of nitrogens with two attached hydrogens (primary N) is 1. The standard InChI is InChI=1S/C13H17N3O2S2/c1-19-6-4-10(14)13-16-11(8-18-13)12(17)15-7-9-3-2-5-20-9/h2-3,5,8,10H,4,6-7,14H2,1H3,(H,15,17). The van der Waals surface area contributed by atoms with E-state index in [4.69, 9.17) is 10.2 Å². The van der Waals surface area contributed by atoms with Gasteiger partial charge in [-0.15, -0.1) is 11.3 Å². The fourth-order valence-corrected chi connectivity index (χ4v) is 2.74. The molecule has 1 unspecified atom stereocenters. The molecule has 0 aliphatic rings. The van der Waals surface area contributed by atoms with Crippen LogP contribution in [0.3, 0.4) is 0 Å². The van der Waals surface area contributed by atoms with E-state index in [9.17, 15) is 4.79 Å². The van der Waals surface area contributed by atoms with Crippen LogP contribution in [0.5, 0.6) is 0 Å². The van der Waals surface area contributed by atoms with Gasteiger partial charge in [0, 0.05) is 4.88 Å². The third-order valence-electron chi connectivity index (χ3n) is 2.71. The zero-order chi connectivity index (χ0) is 14.4. The number of nitrogens with one attached hydrogen (secondary N) is 1. The number of oxazole rings is 1. The molecule has 1 atom stereocenters. The van der Waals surface area contributed by atoms with Gasteiger partial charge in [0.25, 0.3) is 5.91 Å². The maximum atomic E-state index is 11.9. The van der Waals surface area contributed by atoms with Gasteiger partial charge in [0.05, 0.1) is 12.6 Å². The van der Waals surface area contributed by atoms with E-state index >= 15 is 0 Å². The Balaban J connectivity index is 1.89. The summed E-state index contributed by atoms with van der Waals surface area (Å²) in [5.41, 5.74) is 6.22. The normalized spacial score (nSPS) is 12.3. The summed E-state index contributed by atoms with van der Waals surface area (Å²) in [5.74, 6) is 1.11. The van der Waals surface area contributed by atoms with Crippen molar-refractivity contribution in [2.24, 2.45) is 5.73 Å². The molecule has 0 fully saturated rings. The van der Waals surface area contributed by atoms with Crippen LogP contribution in [0, 0.1) is 0 Å². The summed E-state index contributed by atoms with van der Waals surface area (Å²) in [4.78, 5) is 17.2. The lowest BCUT2D eigenvalue weighted by Crippen LogP contribution is -2.23. The Morgan fingerprint density at radius 1 is 1.65 bits per heavy atom. The lowest BCUT2D eigenvalue weighted by molar-refractivity contribution is 0.0946. The maximum absolute atomic E-state index is 11.9. The first kappa shape index (κ1) is 15.1. The molecule has 0 aliphatic carbocycles. The maximum Gasteiger partial charge on any atom is 0.273 e. The van der Waals surface area contributed by atoms with E-state index in [1.54, 1.807) is 23.1 Å². The van der Waals surface area contributed by atoms with Crippen molar-refractivity contribution in [3.63, 3.8) is 0 Å². The fourth-order valence-electron chi connectivity index (χ4n) is 1.60. The number of rotatable bonds is 7. The second-order valence-electron chi connectivity index (χ2n) is 4.22. The fraction of sp³-hybridized carbons (Fsp3) is 0.385. The Kier molecular flexibility index (Phi) is 5.63. The highest BCUT2D eigenvalue weighted by Crippen LogP contribution is 2.15. The minimum atomic E-state index is -0.263. The van der Waals surface area contributed by atoms with Crippen LogP contribution < -0.4 is 11.1 Å². The van der Waals surface area contributed by atoms with Crippen LogP contribution in [0.25, 0.3) is 0 Å². The van der Waals surface area contributed by atoms with Gasteiger partial charge in [-0.2, -0.15) is 11.8 Å². The van der Waals surface area contributed by atoms with Crippen molar-refractivity contribution in [1.82, 2.24) is 10.3 Å². The number of nitrogens with zero attached hydrogens (tertiary/aromatic N) is 1. The van der Waals surface area contributed by atoms with E-state index in [1.165, 1.54) is 6.26 Å². The zero-order valence-electron chi connectivity index (χ0n) is 11.2. The average molecular weight is 311 g/mol. The van der Waals surface area contributed by atoms with E-state index in [1.807, 2.05) is 23.8 Å². The van der Waals surface area contributed by atoms with Crippen molar-refractivity contribution in [2.75, 3.05) is 12.0 Å². The molecule has 0 spiro atoms. The molecule has 0 aliphatic heterocycles. The van der Waals surface area contributed by atoms with Gasteiger partial charge in [0.2, 0.25) is 5.89 Å². The van der Waals surface area contributed by atoms with Gasteiger partial charge in [-0.25, -0.2) is 4.98 Å². The summed E-state index contributed by atoms with van der Waals surface area (Å²) in [6, 6.07) is 3.66. The second-order valence-corrected chi connectivity index (χ2v) is 6.24.